The summed E-state index contributed by atoms with van der Waals surface area (Å²) < 4.78 is 4.79. The molecule has 1 unspecified atom stereocenters. The van der Waals surface area contributed by atoms with E-state index in [1.807, 2.05) is 0 Å². The predicted octanol–water partition coefficient (Wildman–Crippen LogP) is -0.604. The molecule has 0 radical (unpaired) electrons. The number of carbonyl (C=O) groups is 3. The largest absolute Gasteiger partial charge is 0.480 e. The molecule has 0 bridgehead atoms. The smallest absolute Gasteiger partial charge is 0.326 e. The highest BCUT2D eigenvalue weighted by molar-refractivity contribution is 5.86. The van der Waals surface area contributed by atoms with Crippen molar-refractivity contribution in [2.24, 2.45) is 0 Å². The van der Waals surface area contributed by atoms with Crippen LogP contribution in [0.5, 0.6) is 0 Å². The summed E-state index contributed by atoms with van der Waals surface area (Å²) in [6, 6.07) is -1.40. The van der Waals surface area contributed by atoms with E-state index in [1.165, 1.54) is 14.2 Å². The van der Waals surface area contributed by atoms with E-state index in [0.717, 1.165) is 17.7 Å². The number of hydrogen-bond donors (Lipinski definition) is 3. The average Bonchev–Trinajstić information content (AvgIpc) is 3.17. The molecule has 1 aliphatic carbocycles. The zero-order chi connectivity index (χ0) is 15.1. The number of aliphatic carboxylic acids is 1. The number of carboxylic acids is 1. The van der Waals surface area contributed by atoms with Crippen molar-refractivity contribution >= 4 is 17.9 Å². The van der Waals surface area contributed by atoms with Crippen LogP contribution in [0.25, 0.3) is 0 Å². The van der Waals surface area contributed by atoms with E-state index < -0.39 is 18.0 Å². The Hall–Kier alpha value is -1.83. The second-order valence-electron chi connectivity index (χ2n) is 4.82. The van der Waals surface area contributed by atoms with Gasteiger partial charge in [-0.1, -0.05) is 0 Å². The fourth-order valence-electron chi connectivity index (χ4n) is 1.54. The van der Waals surface area contributed by atoms with Crippen LogP contribution in [-0.2, 0) is 14.3 Å². The van der Waals surface area contributed by atoms with Crippen LogP contribution in [0.1, 0.15) is 19.3 Å². The van der Waals surface area contributed by atoms with Gasteiger partial charge in [-0.3, -0.25) is 4.79 Å². The first-order valence-electron chi connectivity index (χ1n) is 6.46. The molecule has 1 aliphatic rings. The summed E-state index contributed by atoms with van der Waals surface area (Å²) in [4.78, 5) is 35.4. The van der Waals surface area contributed by atoms with E-state index in [2.05, 4.69) is 10.6 Å². The second kappa shape index (κ2) is 7.68. The Morgan fingerprint density at radius 2 is 2.05 bits per heavy atom. The van der Waals surface area contributed by atoms with Crippen molar-refractivity contribution in [2.45, 2.75) is 31.3 Å². The van der Waals surface area contributed by atoms with Crippen LogP contribution in [0.2, 0.25) is 0 Å². The van der Waals surface area contributed by atoms with Crippen molar-refractivity contribution < 1.29 is 24.2 Å². The minimum atomic E-state index is -1.13. The molecule has 3 amide bonds. The number of rotatable bonds is 8. The molecule has 0 aromatic rings. The van der Waals surface area contributed by atoms with Gasteiger partial charge in [-0.2, -0.15) is 0 Å². The molecule has 8 heteroatoms. The predicted molar refractivity (Wildman–Crippen MR) is 70.2 cm³/mol. The molecule has 8 nitrogen and oxygen atoms in total. The highest BCUT2D eigenvalue weighted by Crippen LogP contribution is 2.18. The summed E-state index contributed by atoms with van der Waals surface area (Å²) in [6.07, 6.45) is 2.11. The third-order valence-corrected chi connectivity index (χ3v) is 2.88. The molecule has 1 rings (SSSR count). The van der Waals surface area contributed by atoms with Gasteiger partial charge in [0, 0.05) is 33.2 Å². The number of carbonyl (C=O) groups excluding carboxylic acids is 2. The highest BCUT2D eigenvalue weighted by Gasteiger charge is 2.25. The first kappa shape index (κ1) is 16.2. The van der Waals surface area contributed by atoms with Crippen LogP contribution in [0, 0.1) is 0 Å². The maximum atomic E-state index is 11.8. The minimum Gasteiger partial charge on any atom is -0.480 e. The lowest BCUT2D eigenvalue weighted by Crippen LogP contribution is -2.49. The molecular weight excluding hydrogens is 266 g/mol. The number of nitrogens with zero attached hydrogens (tertiary/aromatic N) is 1. The fraction of sp³-hybridized carbons (Fsp3) is 0.750. The van der Waals surface area contributed by atoms with E-state index >= 15 is 0 Å². The molecule has 1 saturated carbocycles. The molecule has 0 aliphatic heterocycles. The van der Waals surface area contributed by atoms with Crippen molar-refractivity contribution in [3.63, 3.8) is 0 Å². The Morgan fingerprint density at radius 3 is 2.55 bits per heavy atom. The summed E-state index contributed by atoms with van der Waals surface area (Å²) in [5, 5.41) is 14.1. The minimum absolute atomic E-state index is 0.0983. The molecule has 0 aromatic carbocycles. The summed E-state index contributed by atoms with van der Waals surface area (Å²) in [5.74, 6) is -1.37. The van der Waals surface area contributed by atoms with Gasteiger partial charge in [0.05, 0.1) is 0 Å². The van der Waals surface area contributed by atoms with Gasteiger partial charge in [0.15, 0.2) is 0 Å². The molecule has 1 fully saturated rings. The van der Waals surface area contributed by atoms with Crippen LogP contribution in [0.3, 0.4) is 0 Å². The van der Waals surface area contributed by atoms with E-state index in [9.17, 15) is 14.4 Å². The summed E-state index contributed by atoms with van der Waals surface area (Å²) >= 11 is 0. The molecule has 3 N–H and O–H groups in total. The number of hydrogen-bond acceptors (Lipinski definition) is 4. The van der Waals surface area contributed by atoms with Crippen LogP contribution < -0.4 is 10.6 Å². The lowest BCUT2D eigenvalue weighted by molar-refractivity contribution is -0.139. The monoisotopic (exact) mass is 287 g/mol. The van der Waals surface area contributed by atoms with E-state index in [-0.39, 0.29) is 31.5 Å². The number of amides is 3. The highest BCUT2D eigenvalue weighted by atomic mass is 16.5. The number of carboxylic acid groups (broad SMARTS) is 1. The lowest BCUT2D eigenvalue weighted by atomic mass is 10.2. The molecule has 20 heavy (non-hydrogen) atoms. The first-order chi connectivity index (χ1) is 9.43. The van der Waals surface area contributed by atoms with Crippen LogP contribution in [-0.4, -0.2) is 67.3 Å². The number of likely N-dealkylation sites (N-methyl/N-ethyl adjacent to an activating group) is 1. The molecule has 0 heterocycles. The number of urea groups is 1. The Labute approximate surface area is 117 Å². The molecule has 0 spiro atoms. The third-order valence-electron chi connectivity index (χ3n) is 2.88. The zero-order valence-corrected chi connectivity index (χ0v) is 11.7. The second-order valence-corrected chi connectivity index (χ2v) is 4.82. The van der Waals surface area contributed by atoms with Gasteiger partial charge in [-0.05, 0) is 12.8 Å². The van der Waals surface area contributed by atoms with Crippen molar-refractivity contribution in [1.29, 1.82) is 0 Å². The van der Waals surface area contributed by atoms with E-state index in [1.54, 1.807) is 0 Å². The third kappa shape index (κ3) is 5.87. The Balaban J connectivity index is 2.37. The Bertz CT molecular complexity index is 370. The quantitative estimate of drug-likeness (QED) is 0.552. The average molecular weight is 287 g/mol. The van der Waals surface area contributed by atoms with Crippen molar-refractivity contribution in [3.8, 4) is 0 Å². The van der Waals surface area contributed by atoms with Crippen LogP contribution in [0.15, 0.2) is 0 Å². The van der Waals surface area contributed by atoms with E-state index in [4.69, 9.17) is 9.84 Å². The number of ether oxygens (including phenoxy) is 1. The Kier molecular flexibility index (Phi) is 6.23. The van der Waals surface area contributed by atoms with Crippen molar-refractivity contribution in [1.82, 2.24) is 15.5 Å². The van der Waals surface area contributed by atoms with Gasteiger partial charge in [-0.25, -0.2) is 9.59 Å². The maximum absolute atomic E-state index is 11.8. The fourth-order valence-corrected chi connectivity index (χ4v) is 1.54. The van der Waals surface area contributed by atoms with E-state index in [0.29, 0.717) is 0 Å². The summed E-state index contributed by atoms with van der Waals surface area (Å²) in [6.45, 7) is 0.127. The van der Waals surface area contributed by atoms with Crippen LogP contribution in [0.4, 0.5) is 4.79 Å². The van der Waals surface area contributed by atoms with Gasteiger partial charge in [0.1, 0.15) is 12.6 Å². The topological polar surface area (TPSA) is 108 Å². The zero-order valence-electron chi connectivity index (χ0n) is 11.7. The van der Waals surface area contributed by atoms with Gasteiger partial charge in [0.25, 0.3) is 0 Å². The Morgan fingerprint density at radius 1 is 1.40 bits per heavy atom. The molecule has 1 atom stereocenters. The molecule has 0 saturated heterocycles. The maximum Gasteiger partial charge on any atom is 0.326 e. The van der Waals surface area contributed by atoms with Gasteiger partial charge in [-0.15, -0.1) is 0 Å². The normalized spacial score (nSPS) is 15.3. The summed E-state index contributed by atoms with van der Waals surface area (Å²) in [7, 11) is 2.89. The van der Waals surface area contributed by atoms with Crippen molar-refractivity contribution in [3.05, 3.63) is 0 Å². The number of methoxy groups -OCH3 is 1. The standard InChI is InChI=1S/C12H21N3O5/c1-15(7-10(16)13-8-3-4-8)12(19)14-9(11(17)18)5-6-20-2/h8-9H,3-7H2,1-2H3,(H,13,16)(H,14,19)(H,17,18). The SMILES string of the molecule is COCCC(NC(=O)N(C)CC(=O)NC1CC1)C(=O)O. The first-order valence-corrected chi connectivity index (χ1v) is 6.46. The lowest BCUT2D eigenvalue weighted by Gasteiger charge is -2.21. The van der Waals surface area contributed by atoms with Gasteiger partial charge in [0.2, 0.25) is 5.91 Å². The van der Waals surface area contributed by atoms with Crippen molar-refractivity contribution in [2.75, 3.05) is 27.3 Å². The van der Waals surface area contributed by atoms with Gasteiger partial charge < -0.3 is 25.4 Å². The number of nitrogens with one attached hydrogen (secondary N) is 2. The van der Waals surface area contributed by atoms with Gasteiger partial charge >= 0.3 is 12.0 Å². The molecule has 0 aromatic heterocycles. The molecule has 114 valence electrons. The van der Waals surface area contributed by atoms with Crippen LogP contribution >= 0.6 is 0 Å². The summed E-state index contributed by atoms with van der Waals surface area (Å²) in [5.41, 5.74) is 0. The molecular formula is C12H21N3O5.